The van der Waals surface area contributed by atoms with Crippen LogP contribution in [0.3, 0.4) is 0 Å². The Kier molecular flexibility index (Phi) is 5.67. The van der Waals surface area contributed by atoms with Crippen LogP contribution in [0.2, 0.25) is 0 Å². The Labute approximate surface area is 144 Å². The lowest BCUT2D eigenvalue weighted by molar-refractivity contribution is -0.384. The van der Waals surface area contributed by atoms with Gasteiger partial charge in [-0.15, -0.1) is 0 Å². The first-order valence-electron chi connectivity index (χ1n) is 7.38. The Hall–Kier alpha value is -3.42. The fourth-order valence-corrected chi connectivity index (χ4v) is 2.21. The maximum atomic E-state index is 12.1. The highest BCUT2D eigenvalue weighted by molar-refractivity contribution is 6.01. The highest BCUT2D eigenvalue weighted by Crippen LogP contribution is 2.28. The number of amides is 1. The number of rotatable bonds is 7. The second-order valence-electron chi connectivity index (χ2n) is 5.15. The SMILES string of the molecule is COc1cc([N+](=O)[O-])ccc1NC(=O)CNc1ccccc1C(C)=O. The number of carbonyl (C=O) groups is 2. The normalized spacial score (nSPS) is 10.0. The summed E-state index contributed by atoms with van der Waals surface area (Å²) < 4.78 is 5.07. The number of benzene rings is 2. The Morgan fingerprint density at radius 3 is 2.52 bits per heavy atom. The van der Waals surface area contributed by atoms with E-state index >= 15 is 0 Å². The number of nitrogens with zero attached hydrogens (tertiary/aromatic N) is 1. The second kappa shape index (κ2) is 7.91. The van der Waals surface area contributed by atoms with Crippen LogP contribution in [0.5, 0.6) is 5.75 Å². The van der Waals surface area contributed by atoms with E-state index in [1.54, 1.807) is 24.3 Å². The maximum absolute atomic E-state index is 12.1. The van der Waals surface area contributed by atoms with Crippen LogP contribution in [-0.2, 0) is 4.79 Å². The molecule has 0 aromatic heterocycles. The molecule has 0 saturated heterocycles. The number of nitro groups is 1. The molecule has 1 amide bonds. The minimum atomic E-state index is -0.547. The Balaban J connectivity index is 2.06. The number of ketones is 1. The van der Waals surface area contributed by atoms with Gasteiger partial charge in [-0.1, -0.05) is 12.1 Å². The predicted octanol–water partition coefficient (Wildman–Crippen LogP) is 2.86. The van der Waals surface area contributed by atoms with Crippen molar-refractivity contribution in [1.82, 2.24) is 0 Å². The highest BCUT2D eigenvalue weighted by atomic mass is 16.6. The van der Waals surface area contributed by atoms with Gasteiger partial charge < -0.3 is 15.4 Å². The first-order valence-corrected chi connectivity index (χ1v) is 7.38. The standard InChI is InChI=1S/C17H17N3O5/c1-11(21)13-5-3-4-6-14(13)18-10-17(22)19-15-8-7-12(20(23)24)9-16(15)25-2/h3-9,18H,10H2,1-2H3,(H,19,22). The molecule has 0 spiro atoms. The number of carbonyl (C=O) groups excluding carboxylic acids is 2. The van der Waals surface area contributed by atoms with Crippen LogP contribution in [0, 0.1) is 10.1 Å². The highest BCUT2D eigenvalue weighted by Gasteiger charge is 2.14. The van der Waals surface area contributed by atoms with Crippen LogP contribution in [0.1, 0.15) is 17.3 Å². The zero-order valence-electron chi connectivity index (χ0n) is 13.7. The third kappa shape index (κ3) is 4.54. The van der Waals surface area contributed by atoms with E-state index in [2.05, 4.69) is 10.6 Å². The van der Waals surface area contributed by atoms with E-state index in [1.807, 2.05) is 0 Å². The van der Waals surface area contributed by atoms with E-state index in [1.165, 1.54) is 32.2 Å². The molecule has 8 nitrogen and oxygen atoms in total. The molecule has 0 radical (unpaired) electrons. The second-order valence-corrected chi connectivity index (χ2v) is 5.15. The number of nitro benzene ring substituents is 1. The molecule has 0 aliphatic carbocycles. The molecule has 2 N–H and O–H groups in total. The van der Waals surface area contributed by atoms with Crippen LogP contribution in [0.15, 0.2) is 42.5 Å². The number of non-ortho nitro benzene ring substituents is 1. The van der Waals surface area contributed by atoms with E-state index in [4.69, 9.17) is 4.74 Å². The van der Waals surface area contributed by atoms with Crippen molar-refractivity contribution >= 4 is 28.8 Å². The van der Waals surface area contributed by atoms with Crippen molar-refractivity contribution in [2.75, 3.05) is 24.3 Å². The Morgan fingerprint density at radius 1 is 1.16 bits per heavy atom. The summed E-state index contributed by atoms with van der Waals surface area (Å²) in [6, 6.07) is 10.8. The van der Waals surface area contributed by atoms with E-state index < -0.39 is 4.92 Å². The Bertz CT molecular complexity index is 820. The van der Waals surface area contributed by atoms with Gasteiger partial charge in [-0.05, 0) is 25.1 Å². The minimum Gasteiger partial charge on any atom is -0.494 e. The van der Waals surface area contributed by atoms with Crippen LogP contribution in [-0.4, -0.2) is 30.3 Å². The average Bonchev–Trinajstić information content (AvgIpc) is 2.60. The molecule has 2 aromatic carbocycles. The first kappa shape index (κ1) is 17.9. The summed E-state index contributed by atoms with van der Waals surface area (Å²) in [7, 11) is 1.36. The number of anilines is 2. The number of hydrogen-bond donors (Lipinski definition) is 2. The zero-order chi connectivity index (χ0) is 18.4. The zero-order valence-corrected chi connectivity index (χ0v) is 13.7. The molecule has 0 aliphatic rings. The van der Waals surface area contributed by atoms with Gasteiger partial charge in [0.15, 0.2) is 5.78 Å². The molecule has 0 saturated carbocycles. The first-order chi connectivity index (χ1) is 11.9. The van der Waals surface area contributed by atoms with Crippen molar-refractivity contribution in [3.8, 4) is 5.75 Å². The van der Waals surface area contributed by atoms with Gasteiger partial charge in [0.05, 0.1) is 30.3 Å². The van der Waals surface area contributed by atoms with Crippen LogP contribution < -0.4 is 15.4 Å². The third-order valence-corrected chi connectivity index (χ3v) is 3.42. The summed E-state index contributed by atoms with van der Waals surface area (Å²) >= 11 is 0. The lowest BCUT2D eigenvalue weighted by atomic mass is 10.1. The van der Waals surface area contributed by atoms with Crippen molar-refractivity contribution < 1.29 is 19.2 Å². The average molecular weight is 343 g/mol. The van der Waals surface area contributed by atoms with Gasteiger partial charge in [0.25, 0.3) is 5.69 Å². The topological polar surface area (TPSA) is 111 Å². The van der Waals surface area contributed by atoms with Gasteiger partial charge >= 0.3 is 0 Å². The number of nitrogens with one attached hydrogen (secondary N) is 2. The van der Waals surface area contributed by atoms with Crippen molar-refractivity contribution in [2.45, 2.75) is 6.92 Å². The van der Waals surface area contributed by atoms with Crippen molar-refractivity contribution in [2.24, 2.45) is 0 Å². The number of ether oxygens (including phenoxy) is 1. The van der Waals surface area contributed by atoms with Crippen molar-refractivity contribution in [3.05, 3.63) is 58.1 Å². The largest absolute Gasteiger partial charge is 0.494 e. The molecular weight excluding hydrogens is 326 g/mol. The maximum Gasteiger partial charge on any atom is 0.273 e. The molecule has 0 atom stereocenters. The van der Waals surface area contributed by atoms with Crippen LogP contribution in [0.25, 0.3) is 0 Å². The fourth-order valence-electron chi connectivity index (χ4n) is 2.21. The van der Waals surface area contributed by atoms with Crippen molar-refractivity contribution in [3.63, 3.8) is 0 Å². The number of hydrogen-bond acceptors (Lipinski definition) is 6. The molecule has 8 heteroatoms. The summed E-state index contributed by atoms with van der Waals surface area (Å²) in [6.07, 6.45) is 0. The molecular formula is C17H17N3O5. The lowest BCUT2D eigenvalue weighted by Crippen LogP contribution is -2.22. The summed E-state index contributed by atoms with van der Waals surface area (Å²) in [4.78, 5) is 33.9. The van der Waals surface area contributed by atoms with Crippen LogP contribution in [0.4, 0.5) is 17.1 Å². The van der Waals surface area contributed by atoms with Gasteiger partial charge in [0.1, 0.15) is 5.75 Å². The smallest absolute Gasteiger partial charge is 0.273 e. The molecule has 0 heterocycles. The molecule has 0 aliphatic heterocycles. The van der Waals surface area contributed by atoms with Crippen molar-refractivity contribution in [1.29, 1.82) is 0 Å². The quantitative estimate of drug-likeness (QED) is 0.454. The number of para-hydroxylation sites is 1. The van der Waals surface area contributed by atoms with Gasteiger partial charge in [0.2, 0.25) is 5.91 Å². The summed E-state index contributed by atoms with van der Waals surface area (Å²) in [5.41, 5.74) is 1.23. The fraction of sp³-hybridized carbons (Fsp3) is 0.176. The third-order valence-electron chi connectivity index (χ3n) is 3.42. The summed E-state index contributed by atoms with van der Waals surface area (Å²) in [6.45, 7) is 1.37. The molecule has 130 valence electrons. The molecule has 2 rings (SSSR count). The van der Waals surface area contributed by atoms with Gasteiger partial charge in [-0.25, -0.2) is 0 Å². The van der Waals surface area contributed by atoms with E-state index in [-0.39, 0.29) is 29.7 Å². The molecule has 0 unspecified atom stereocenters. The van der Waals surface area contributed by atoms with E-state index in [0.717, 1.165) is 0 Å². The molecule has 0 bridgehead atoms. The van der Waals surface area contributed by atoms with E-state index in [9.17, 15) is 19.7 Å². The van der Waals surface area contributed by atoms with Crippen LogP contribution >= 0.6 is 0 Å². The molecule has 2 aromatic rings. The van der Waals surface area contributed by atoms with Gasteiger partial charge in [-0.3, -0.25) is 19.7 Å². The van der Waals surface area contributed by atoms with Gasteiger partial charge in [0, 0.05) is 17.3 Å². The molecule has 0 fully saturated rings. The monoisotopic (exact) mass is 343 g/mol. The predicted molar refractivity (Wildman–Crippen MR) is 93.2 cm³/mol. The lowest BCUT2D eigenvalue weighted by Gasteiger charge is -2.12. The summed E-state index contributed by atoms with van der Waals surface area (Å²) in [5.74, 6) is -0.308. The van der Waals surface area contributed by atoms with Gasteiger partial charge in [-0.2, -0.15) is 0 Å². The Morgan fingerprint density at radius 2 is 1.88 bits per heavy atom. The molecule has 25 heavy (non-hydrogen) atoms. The minimum absolute atomic E-state index is 0.0789. The van der Waals surface area contributed by atoms with E-state index in [0.29, 0.717) is 16.9 Å². The summed E-state index contributed by atoms with van der Waals surface area (Å²) in [5, 5.41) is 16.3. The number of Topliss-reactive ketones (excluding diaryl/α,β-unsaturated/α-hetero) is 1. The number of methoxy groups -OCH3 is 1.